The van der Waals surface area contributed by atoms with E-state index in [0.717, 1.165) is 12.1 Å². The third-order valence-corrected chi connectivity index (χ3v) is 2.76. The topological polar surface area (TPSA) is 72.0 Å². The number of aromatic nitrogens is 2. The van der Waals surface area contributed by atoms with Crippen molar-refractivity contribution in [1.29, 1.82) is 0 Å². The molecular formula is C10H15N3O. The van der Waals surface area contributed by atoms with E-state index in [-0.39, 0.29) is 11.8 Å². The zero-order valence-electron chi connectivity index (χ0n) is 8.11. The number of aromatic hydroxyl groups is 1. The highest BCUT2D eigenvalue weighted by molar-refractivity contribution is 5.25. The summed E-state index contributed by atoms with van der Waals surface area (Å²) in [6.45, 7) is 0. The first-order valence-electron chi connectivity index (χ1n) is 5.06. The van der Waals surface area contributed by atoms with Gasteiger partial charge in [-0.2, -0.15) is 4.98 Å². The van der Waals surface area contributed by atoms with E-state index in [1.54, 1.807) is 6.07 Å². The number of hydrogen-bond donors (Lipinski definition) is 2. The molecule has 0 spiro atoms. The van der Waals surface area contributed by atoms with Crippen molar-refractivity contribution in [1.82, 2.24) is 9.97 Å². The molecule has 2 rings (SSSR count). The summed E-state index contributed by atoms with van der Waals surface area (Å²) in [6.07, 6.45) is 6.09. The maximum absolute atomic E-state index is 9.24. The molecule has 1 fully saturated rings. The van der Waals surface area contributed by atoms with Crippen molar-refractivity contribution in [2.75, 3.05) is 5.73 Å². The van der Waals surface area contributed by atoms with Gasteiger partial charge < -0.3 is 10.8 Å². The molecule has 0 atom stereocenters. The van der Waals surface area contributed by atoms with E-state index < -0.39 is 0 Å². The van der Waals surface area contributed by atoms with Gasteiger partial charge in [-0.1, -0.05) is 25.7 Å². The van der Waals surface area contributed by atoms with Gasteiger partial charge in [0.15, 0.2) is 0 Å². The van der Waals surface area contributed by atoms with Gasteiger partial charge >= 0.3 is 0 Å². The number of anilines is 1. The van der Waals surface area contributed by atoms with Crippen LogP contribution in [0.3, 0.4) is 0 Å². The quantitative estimate of drug-likeness (QED) is 0.746. The van der Waals surface area contributed by atoms with E-state index in [0.29, 0.717) is 5.92 Å². The van der Waals surface area contributed by atoms with Crippen LogP contribution in [0.2, 0.25) is 0 Å². The first-order chi connectivity index (χ1) is 6.74. The normalized spacial score (nSPS) is 17.4. The standard InChI is InChI=1S/C10H15N3O/c11-10-12-8(6-9(14)13-10)5-7-3-1-2-4-7/h6-7H,1-5H2,(H3,11,12,13,14). The van der Waals surface area contributed by atoms with Gasteiger partial charge in [0.05, 0.1) is 5.69 Å². The van der Waals surface area contributed by atoms with Crippen LogP contribution in [-0.2, 0) is 6.42 Å². The van der Waals surface area contributed by atoms with E-state index in [2.05, 4.69) is 9.97 Å². The third-order valence-electron chi connectivity index (χ3n) is 2.76. The van der Waals surface area contributed by atoms with Crippen molar-refractivity contribution in [3.8, 4) is 5.88 Å². The minimum atomic E-state index is -0.0227. The predicted molar refractivity (Wildman–Crippen MR) is 53.8 cm³/mol. The molecule has 0 bridgehead atoms. The summed E-state index contributed by atoms with van der Waals surface area (Å²) in [4.78, 5) is 7.74. The lowest BCUT2D eigenvalue weighted by molar-refractivity contribution is 0.449. The molecule has 14 heavy (non-hydrogen) atoms. The zero-order chi connectivity index (χ0) is 9.97. The number of nitrogens with two attached hydrogens (primary N) is 1. The lowest BCUT2D eigenvalue weighted by atomic mass is 10.0. The Hall–Kier alpha value is -1.32. The Labute approximate surface area is 83.2 Å². The first kappa shape index (κ1) is 9.24. The molecule has 0 radical (unpaired) electrons. The molecule has 0 unspecified atom stereocenters. The lowest BCUT2D eigenvalue weighted by Gasteiger charge is -2.08. The molecule has 76 valence electrons. The van der Waals surface area contributed by atoms with E-state index in [9.17, 15) is 5.11 Å². The number of rotatable bonds is 2. The molecule has 0 saturated heterocycles. The molecule has 1 saturated carbocycles. The summed E-state index contributed by atoms with van der Waals surface area (Å²) in [5, 5.41) is 9.24. The lowest BCUT2D eigenvalue weighted by Crippen LogP contribution is -2.04. The average Bonchev–Trinajstić information content (AvgIpc) is 2.54. The summed E-state index contributed by atoms with van der Waals surface area (Å²) in [7, 11) is 0. The molecule has 1 aliphatic carbocycles. The van der Waals surface area contributed by atoms with Crippen molar-refractivity contribution in [3.63, 3.8) is 0 Å². The smallest absolute Gasteiger partial charge is 0.223 e. The Morgan fingerprint density at radius 2 is 2.07 bits per heavy atom. The van der Waals surface area contributed by atoms with Crippen molar-refractivity contribution in [2.24, 2.45) is 5.92 Å². The van der Waals surface area contributed by atoms with Gasteiger partial charge in [-0.3, -0.25) is 0 Å². The van der Waals surface area contributed by atoms with Crippen LogP contribution in [0, 0.1) is 5.92 Å². The van der Waals surface area contributed by atoms with Crippen molar-refractivity contribution >= 4 is 5.95 Å². The fraction of sp³-hybridized carbons (Fsp3) is 0.600. The van der Waals surface area contributed by atoms with Gasteiger partial charge in [0.1, 0.15) is 0 Å². The second-order valence-corrected chi connectivity index (χ2v) is 3.93. The maximum Gasteiger partial charge on any atom is 0.223 e. The second-order valence-electron chi connectivity index (χ2n) is 3.93. The summed E-state index contributed by atoms with van der Waals surface area (Å²) in [5.41, 5.74) is 6.31. The molecule has 0 aromatic carbocycles. The van der Waals surface area contributed by atoms with Crippen LogP contribution < -0.4 is 5.73 Å². The number of hydrogen-bond acceptors (Lipinski definition) is 4. The fourth-order valence-corrected chi connectivity index (χ4v) is 2.12. The van der Waals surface area contributed by atoms with Gasteiger partial charge in [0, 0.05) is 6.07 Å². The van der Waals surface area contributed by atoms with E-state index in [1.807, 2.05) is 0 Å². The summed E-state index contributed by atoms with van der Waals surface area (Å²) in [6, 6.07) is 1.61. The molecule has 4 nitrogen and oxygen atoms in total. The van der Waals surface area contributed by atoms with Crippen LogP contribution >= 0.6 is 0 Å². The third kappa shape index (κ3) is 2.13. The largest absolute Gasteiger partial charge is 0.493 e. The van der Waals surface area contributed by atoms with Crippen LogP contribution in [0.1, 0.15) is 31.4 Å². The molecule has 1 aromatic heterocycles. The van der Waals surface area contributed by atoms with Gasteiger partial charge in [0.2, 0.25) is 11.8 Å². The van der Waals surface area contributed by atoms with Crippen molar-refractivity contribution in [3.05, 3.63) is 11.8 Å². The maximum atomic E-state index is 9.24. The van der Waals surface area contributed by atoms with Crippen LogP contribution in [0.5, 0.6) is 5.88 Å². The average molecular weight is 193 g/mol. The molecule has 0 aliphatic heterocycles. The van der Waals surface area contributed by atoms with E-state index in [1.165, 1.54) is 25.7 Å². The fourth-order valence-electron chi connectivity index (χ4n) is 2.12. The molecule has 0 amide bonds. The summed E-state index contributed by atoms with van der Waals surface area (Å²) in [5.74, 6) is 0.854. The Morgan fingerprint density at radius 3 is 2.71 bits per heavy atom. The van der Waals surface area contributed by atoms with Crippen molar-refractivity contribution < 1.29 is 5.11 Å². The molecule has 1 aliphatic rings. The predicted octanol–water partition coefficient (Wildman–Crippen LogP) is 1.50. The highest BCUT2D eigenvalue weighted by atomic mass is 16.3. The number of nitrogens with zero attached hydrogens (tertiary/aromatic N) is 2. The zero-order valence-corrected chi connectivity index (χ0v) is 8.11. The van der Waals surface area contributed by atoms with Gasteiger partial charge in [-0.25, -0.2) is 4.98 Å². The van der Waals surface area contributed by atoms with Gasteiger partial charge in [-0.15, -0.1) is 0 Å². The SMILES string of the molecule is Nc1nc(O)cc(CC2CCCC2)n1. The molecule has 4 heteroatoms. The molecule has 1 heterocycles. The minimum Gasteiger partial charge on any atom is -0.493 e. The van der Waals surface area contributed by atoms with Crippen molar-refractivity contribution in [2.45, 2.75) is 32.1 Å². The van der Waals surface area contributed by atoms with E-state index in [4.69, 9.17) is 5.73 Å². The molecule has 1 aromatic rings. The Balaban J connectivity index is 2.07. The highest BCUT2D eigenvalue weighted by Crippen LogP contribution is 2.28. The first-order valence-corrected chi connectivity index (χ1v) is 5.06. The van der Waals surface area contributed by atoms with Gasteiger partial charge in [-0.05, 0) is 12.3 Å². The number of nitrogen functional groups attached to an aromatic ring is 1. The molecular weight excluding hydrogens is 178 g/mol. The second kappa shape index (κ2) is 3.82. The van der Waals surface area contributed by atoms with Crippen LogP contribution in [0.25, 0.3) is 0 Å². The Morgan fingerprint density at radius 1 is 1.36 bits per heavy atom. The monoisotopic (exact) mass is 193 g/mol. The Bertz CT molecular complexity index is 301. The summed E-state index contributed by atoms with van der Waals surface area (Å²) >= 11 is 0. The van der Waals surface area contributed by atoms with Gasteiger partial charge in [0.25, 0.3) is 0 Å². The molecule has 3 N–H and O–H groups in total. The Kier molecular flexibility index (Phi) is 2.52. The minimum absolute atomic E-state index is 0.0227. The van der Waals surface area contributed by atoms with Crippen LogP contribution in [-0.4, -0.2) is 15.1 Å². The highest BCUT2D eigenvalue weighted by Gasteiger charge is 2.16. The van der Waals surface area contributed by atoms with Crippen LogP contribution in [0.15, 0.2) is 6.07 Å². The summed E-state index contributed by atoms with van der Waals surface area (Å²) < 4.78 is 0. The van der Waals surface area contributed by atoms with E-state index >= 15 is 0 Å². The van der Waals surface area contributed by atoms with Crippen LogP contribution in [0.4, 0.5) is 5.95 Å².